The molecule has 1 aromatic carbocycles. The number of H-pyrrole nitrogens is 1. The van der Waals surface area contributed by atoms with Gasteiger partial charge < -0.3 is 10.3 Å². The monoisotopic (exact) mass is 244 g/mol. The van der Waals surface area contributed by atoms with Crippen LogP contribution in [0.5, 0.6) is 0 Å². The van der Waals surface area contributed by atoms with Crippen LogP contribution in [0.15, 0.2) is 23.0 Å². The molecule has 2 rings (SSSR count). The summed E-state index contributed by atoms with van der Waals surface area (Å²) in [6.45, 7) is 5.70. The zero-order valence-electron chi connectivity index (χ0n) is 10.8. The van der Waals surface area contributed by atoms with Crippen LogP contribution < -0.4 is 10.9 Å². The largest absolute Gasteiger partial charge is 0.352 e. The molecule has 94 valence electrons. The van der Waals surface area contributed by atoms with Crippen molar-refractivity contribution in [2.24, 2.45) is 0 Å². The number of carbonyl (C=O) groups excluding carboxylic acids is 1. The normalized spacial score (nSPS) is 10.6. The highest BCUT2D eigenvalue weighted by Crippen LogP contribution is 2.18. The topological polar surface area (TPSA) is 62.0 Å². The summed E-state index contributed by atoms with van der Waals surface area (Å²) in [7, 11) is 0. The molecule has 0 atom stereocenters. The number of aromatic nitrogens is 1. The molecule has 4 nitrogen and oxygen atoms in total. The second-order valence-corrected chi connectivity index (χ2v) is 4.58. The summed E-state index contributed by atoms with van der Waals surface area (Å²) < 4.78 is 0. The number of fused-ring (bicyclic) bond motifs is 1. The quantitative estimate of drug-likeness (QED) is 0.846. The molecule has 1 aromatic heterocycles. The smallest absolute Gasteiger partial charge is 0.253 e. The summed E-state index contributed by atoms with van der Waals surface area (Å²) in [5.41, 5.74) is 3.49. The number of pyridine rings is 1. The highest BCUT2D eigenvalue weighted by Gasteiger charge is 2.06. The molecule has 0 saturated heterocycles. The number of rotatable bonds is 2. The summed E-state index contributed by atoms with van der Waals surface area (Å²) in [5, 5.41) is 3.65. The number of amides is 1. The molecule has 0 saturated carbocycles. The van der Waals surface area contributed by atoms with Gasteiger partial charge in [0, 0.05) is 29.9 Å². The van der Waals surface area contributed by atoms with Gasteiger partial charge in [-0.25, -0.2) is 0 Å². The zero-order valence-corrected chi connectivity index (χ0v) is 10.8. The highest BCUT2D eigenvalue weighted by atomic mass is 16.1. The van der Waals surface area contributed by atoms with Gasteiger partial charge in [-0.05, 0) is 37.1 Å². The highest BCUT2D eigenvalue weighted by molar-refractivity contribution is 5.83. The maximum Gasteiger partial charge on any atom is 0.253 e. The lowest BCUT2D eigenvalue weighted by molar-refractivity contribution is -0.119. The Labute approximate surface area is 105 Å². The van der Waals surface area contributed by atoms with Crippen molar-refractivity contribution >= 4 is 16.8 Å². The van der Waals surface area contributed by atoms with E-state index in [4.69, 9.17) is 0 Å². The molecule has 0 aliphatic carbocycles. The van der Waals surface area contributed by atoms with E-state index in [9.17, 15) is 9.59 Å². The number of benzene rings is 1. The first-order chi connectivity index (χ1) is 8.47. The van der Waals surface area contributed by atoms with E-state index < -0.39 is 0 Å². The van der Waals surface area contributed by atoms with Gasteiger partial charge in [0.25, 0.3) is 5.56 Å². The van der Waals surface area contributed by atoms with Gasteiger partial charge >= 0.3 is 0 Å². The Kier molecular flexibility index (Phi) is 3.19. The molecule has 0 spiro atoms. The fraction of sp³-hybridized carbons (Fsp3) is 0.286. The number of hydrogen-bond acceptors (Lipinski definition) is 2. The Morgan fingerprint density at radius 2 is 2.00 bits per heavy atom. The molecule has 18 heavy (non-hydrogen) atoms. The first-order valence-corrected chi connectivity index (χ1v) is 5.85. The molecule has 0 bridgehead atoms. The van der Waals surface area contributed by atoms with E-state index in [-0.39, 0.29) is 18.0 Å². The van der Waals surface area contributed by atoms with E-state index >= 15 is 0 Å². The van der Waals surface area contributed by atoms with Crippen LogP contribution in [0.2, 0.25) is 0 Å². The van der Waals surface area contributed by atoms with Crippen molar-refractivity contribution in [3.05, 3.63) is 45.2 Å². The van der Waals surface area contributed by atoms with Crippen LogP contribution in [-0.2, 0) is 11.3 Å². The summed E-state index contributed by atoms with van der Waals surface area (Å²) in [6.07, 6.45) is 0. The third kappa shape index (κ3) is 2.42. The summed E-state index contributed by atoms with van der Waals surface area (Å²) in [4.78, 5) is 25.6. The number of aryl methyl sites for hydroxylation is 2. The lowest BCUT2D eigenvalue weighted by Gasteiger charge is -2.07. The summed E-state index contributed by atoms with van der Waals surface area (Å²) in [6, 6.07) is 5.87. The van der Waals surface area contributed by atoms with E-state index in [2.05, 4.69) is 16.4 Å². The Morgan fingerprint density at radius 1 is 1.28 bits per heavy atom. The minimum absolute atomic E-state index is 0.143. The van der Waals surface area contributed by atoms with Gasteiger partial charge in [0.05, 0.1) is 0 Å². The van der Waals surface area contributed by atoms with Gasteiger partial charge in [0.2, 0.25) is 5.91 Å². The van der Waals surface area contributed by atoms with E-state index in [1.54, 1.807) is 0 Å². The van der Waals surface area contributed by atoms with E-state index in [0.29, 0.717) is 5.56 Å². The Bertz CT molecular complexity index is 671. The van der Waals surface area contributed by atoms with Crippen LogP contribution in [0, 0.1) is 13.8 Å². The first kappa shape index (κ1) is 12.4. The summed E-state index contributed by atoms with van der Waals surface area (Å²) >= 11 is 0. The lowest BCUT2D eigenvalue weighted by Crippen LogP contribution is -2.24. The molecule has 2 aromatic rings. The second-order valence-electron chi connectivity index (χ2n) is 4.58. The van der Waals surface area contributed by atoms with Crippen molar-refractivity contribution in [2.75, 3.05) is 0 Å². The molecule has 0 aliphatic rings. The van der Waals surface area contributed by atoms with E-state index in [1.165, 1.54) is 6.92 Å². The van der Waals surface area contributed by atoms with Crippen molar-refractivity contribution in [3.8, 4) is 0 Å². The molecule has 0 radical (unpaired) electrons. The van der Waals surface area contributed by atoms with Crippen LogP contribution >= 0.6 is 0 Å². The van der Waals surface area contributed by atoms with Gasteiger partial charge in [-0.3, -0.25) is 9.59 Å². The molecular formula is C14H16N2O2. The van der Waals surface area contributed by atoms with Crippen LogP contribution in [0.1, 0.15) is 23.6 Å². The second kappa shape index (κ2) is 4.64. The molecule has 0 fully saturated rings. The zero-order chi connectivity index (χ0) is 13.3. The fourth-order valence-electron chi connectivity index (χ4n) is 2.07. The van der Waals surface area contributed by atoms with Gasteiger partial charge in [-0.1, -0.05) is 6.07 Å². The Morgan fingerprint density at radius 3 is 2.67 bits per heavy atom. The molecular weight excluding hydrogens is 228 g/mol. The van der Waals surface area contributed by atoms with Gasteiger partial charge in [-0.15, -0.1) is 0 Å². The number of aromatic amines is 1. The third-order valence-electron chi connectivity index (χ3n) is 2.92. The maximum atomic E-state index is 11.9. The number of hydrogen-bond donors (Lipinski definition) is 2. The molecule has 1 amide bonds. The van der Waals surface area contributed by atoms with Crippen LogP contribution in [0.3, 0.4) is 0 Å². The molecule has 1 heterocycles. The molecule has 0 aliphatic heterocycles. The average molecular weight is 244 g/mol. The fourth-order valence-corrected chi connectivity index (χ4v) is 2.07. The van der Waals surface area contributed by atoms with Crippen LogP contribution in [0.4, 0.5) is 0 Å². The predicted octanol–water partition coefficient (Wildman–Crippen LogP) is 1.78. The van der Waals surface area contributed by atoms with Crippen molar-refractivity contribution in [1.29, 1.82) is 0 Å². The molecule has 0 unspecified atom stereocenters. The van der Waals surface area contributed by atoms with Crippen molar-refractivity contribution in [2.45, 2.75) is 27.3 Å². The lowest BCUT2D eigenvalue weighted by atomic mass is 10.0. The maximum absolute atomic E-state index is 11.9. The molecule has 4 heteroatoms. The predicted molar refractivity (Wildman–Crippen MR) is 71.6 cm³/mol. The summed E-state index contributed by atoms with van der Waals surface area (Å²) in [5.74, 6) is -0.143. The van der Waals surface area contributed by atoms with Gasteiger partial charge in [0.15, 0.2) is 0 Å². The minimum Gasteiger partial charge on any atom is -0.352 e. The SMILES string of the molecule is CC(=O)NCc1cc2c(C)cc(C)cc2[nH]c1=O. The standard InChI is InChI=1S/C14H16N2O2/c1-8-4-9(2)12-6-11(7-15-10(3)17)14(18)16-13(12)5-8/h4-6H,7H2,1-3H3,(H,15,17)(H,16,18). The van der Waals surface area contributed by atoms with Gasteiger partial charge in [-0.2, -0.15) is 0 Å². The Hall–Kier alpha value is -2.10. The first-order valence-electron chi connectivity index (χ1n) is 5.85. The van der Waals surface area contributed by atoms with Crippen molar-refractivity contribution in [3.63, 3.8) is 0 Å². The van der Waals surface area contributed by atoms with Crippen molar-refractivity contribution < 1.29 is 4.79 Å². The van der Waals surface area contributed by atoms with Gasteiger partial charge in [0.1, 0.15) is 0 Å². The number of nitrogens with one attached hydrogen (secondary N) is 2. The van der Waals surface area contributed by atoms with E-state index in [0.717, 1.165) is 22.0 Å². The average Bonchev–Trinajstić information content (AvgIpc) is 2.26. The van der Waals surface area contributed by atoms with Crippen molar-refractivity contribution in [1.82, 2.24) is 10.3 Å². The number of carbonyl (C=O) groups is 1. The Balaban J connectivity index is 2.54. The third-order valence-corrected chi connectivity index (χ3v) is 2.92. The van der Waals surface area contributed by atoms with Crippen LogP contribution in [0.25, 0.3) is 10.9 Å². The van der Waals surface area contributed by atoms with Crippen LogP contribution in [-0.4, -0.2) is 10.9 Å². The minimum atomic E-state index is -0.152. The molecule has 2 N–H and O–H groups in total. The van der Waals surface area contributed by atoms with E-state index in [1.807, 2.05) is 26.0 Å².